The van der Waals surface area contributed by atoms with E-state index in [0.29, 0.717) is 11.7 Å². The van der Waals surface area contributed by atoms with E-state index in [0.717, 1.165) is 17.4 Å². The lowest BCUT2D eigenvalue weighted by Crippen LogP contribution is -2.53. The van der Waals surface area contributed by atoms with Gasteiger partial charge < -0.3 is 9.84 Å². The number of phenolic OH excluding ortho intramolecular Hbond substituents is 1. The van der Waals surface area contributed by atoms with Crippen molar-refractivity contribution >= 4 is 6.08 Å². The first-order valence-corrected chi connectivity index (χ1v) is 7.75. The number of ether oxygens (including phenoxy) is 1. The van der Waals surface area contributed by atoms with Gasteiger partial charge in [0.25, 0.3) is 0 Å². The topological polar surface area (TPSA) is 29.5 Å². The Morgan fingerprint density at radius 1 is 1.20 bits per heavy atom. The minimum atomic E-state index is -0.0137. The second-order valence-corrected chi connectivity index (χ2v) is 6.94. The van der Waals surface area contributed by atoms with Crippen LogP contribution >= 0.6 is 0 Å². The molecule has 4 aliphatic carbocycles. The van der Waals surface area contributed by atoms with Crippen LogP contribution in [-0.4, -0.2) is 17.8 Å². The van der Waals surface area contributed by atoms with Gasteiger partial charge in [0.15, 0.2) is 0 Å². The van der Waals surface area contributed by atoms with E-state index in [1.807, 2.05) is 19.2 Å². The molecule has 0 radical (unpaired) electrons. The molecule has 4 saturated carbocycles. The predicted molar refractivity (Wildman–Crippen MR) is 79.4 cm³/mol. The number of benzene rings is 1. The molecule has 2 heteroatoms. The number of hydrogen-bond donors (Lipinski definition) is 1. The highest BCUT2D eigenvalue weighted by Crippen LogP contribution is 2.59. The molecule has 0 aromatic heterocycles. The van der Waals surface area contributed by atoms with E-state index in [2.05, 4.69) is 12.1 Å². The van der Waals surface area contributed by atoms with Crippen LogP contribution < -0.4 is 0 Å². The molecule has 2 unspecified atom stereocenters. The fourth-order valence-corrected chi connectivity index (χ4v) is 5.10. The lowest BCUT2D eigenvalue weighted by Gasteiger charge is -2.57. The second-order valence-electron chi connectivity index (χ2n) is 6.94. The highest BCUT2D eigenvalue weighted by molar-refractivity contribution is 5.58. The van der Waals surface area contributed by atoms with Crippen molar-refractivity contribution in [3.8, 4) is 5.75 Å². The van der Waals surface area contributed by atoms with Crippen molar-refractivity contribution in [1.29, 1.82) is 0 Å². The normalized spacial score (nSPS) is 40.5. The number of hydrogen-bond acceptors (Lipinski definition) is 2. The Morgan fingerprint density at radius 3 is 2.60 bits per heavy atom. The summed E-state index contributed by atoms with van der Waals surface area (Å²) in [5, 5.41) is 9.66. The summed E-state index contributed by atoms with van der Waals surface area (Å²) in [6.07, 6.45) is 8.77. The van der Waals surface area contributed by atoms with Crippen LogP contribution in [0.4, 0.5) is 0 Å². The van der Waals surface area contributed by atoms with Crippen LogP contribution in [0.5, 0.6) is 5.75 Å². The minimum absolute atomic E-state index is 0.0137. The minimum Gasteiger partial charge on any atom is -0.508 e. The summed E-state index contributed by atoms with van der Waals surface area (Å²) in [7, 11) is 1.88. The molecule has 0 heterocycles. The molecule has 1 aromatic rings. The zero-order valence-electron chi connectivity index (χ0n) is 12.0. The van der Waals surface area contributed by atoms with Crippen molar-refractivity contribution in [2.24, 2.45) is 17.8 Å². The molecule has 4 aliphatic rings. The molecule has 2 nitrogen and oxygen atoms in total. The summed E-state index contributed by atoms with van der Waals surface area (Å²) >= 11 is 0. The van der Waals surface area contributed by atoms with E-state index in [1.54, 1.807) is 6.07 Å². The second kappa shape index (κ2) is 4.36. The molecule has 4 fully saturated rings. The maximum Gasteiger partial charge on any atom is 0.116 e. The fourth-order valence-electron chi connectivity index (χ4n) is 5.10. The molecule has 0 amide bonds. The van der Waals surface area contributed by atoms with Gasteiger partial charge in [-0.3, -0.25) is 0 Å². The number of methoxy groups -OCH3 is 1. The first kappa shape index (κ1) is 12.5. The standard InChI is InChI=1S/C18H22O2/c1-20-18-10-13-5-14(11-18)7-15(6-13)17(18)9-12-3-2-4-16(19)8-12/h2-4,8-9,13-15,19H,5-7,10-11H2,1H3. The van der Waals surface area contributed by atoms with Crippen LogP contribution in [0, 0.1) is 17.8 Å². The number of aromatic hydroxyl groups is 1. The van der Waals surface area contributed by atoms with E-state index >= 15 is 0 Å². The summed E-state index contributed by atoms with van der Waals surface area (Å²) in [4.78, 5) is 0. The van der Waals surface area contributed by atoms with E-state index < -0.39 is 0 Å². The van der Waals surface area contributed by atoms with Gasteiger partial charge >= 0.3 is 0 Å². The third-order valence-corrected chi connectivity index (χ3v) is 5.69. The first-order valence-electron chi connectivity index (χ1n) is 7.75. The first-order chi connectivity index (χ1) is 9.68. The van der Waals surface area contributed by atoms with Crippen molar-refractivity contribution in [3.63, 3.8) is 0 Å². The SMILES string of the molecule is COC12CC3CC(CC(C3)C1=Cc1cccc(O)c1)C2. The van der Waals surface area contributed by atoms with Crippen molar-refractivity contribution in [2.75, 3.05) is 7.11 Å². The Labute approximate surface area is 120 Å². The molecular weight excluding hydrogens is 248 g/mol. The Hall–Kier alpha value is -1.28. The molecule has 1 aromatic carbocycles. The van der Waals surface area contributed by atoms with Crippen LogP contribution in [0.3, 0.4) is 0 Å². The van der Waals surface area contributed by atoms with E-state index in [-0.39, 0.29) is 5.60 Å². The molecule has 2 atom stereocenters. The van der Waals surface area contributed by atoms with Gasteiger partial charge in [0.05, 0.1) is 5.60 Å². The summed E-state index contributed by atoms with van der Waals surface area (Å²) in [5.41, 5.74) is 2.57. The molecular formula is C18H22O2. The van der Waals surface area contributed by atoms with Gasteiger partial charge in [-0.1, -0.05) is 18.2 Å². The van der Waals surface area contributed by atoms with Gasteiger partial charge in [-0.05, 0) is 73.1 Å². The summed E-state index contributed by atoms with van der Waals surface area (Å²) in [6.45, 7) is 0. The van der Waals surface area contributed by atoms with Gasteiger partial charge in [-0.25, -0.2) is 0 Å². The predicted octanol–water partition coefficient (Wildman–Crippen LogP) is 4.00. The smallest absolute Gasteiger partial charge is 0.116 e. The highest BCUT2D eigenvalue weighted by atomic mass is 16.5. The maximum absolute atomic E-state index is 9.66. The van der Waals surface area contributed by atoms with Gasteiger partial charge in [-0.15, -0.1) is 0 Å². The lowest BCUT2D eigenvalue weighted by atomic mass is 9.52. The average Bonchev–Trinajstić information content (AvgIpc) is 2.42. The Bertz CT molecular complexity index is 546. The van der Waals surface area contributed by atoms with Crippen LogP contribution in [-0.2, 0) is 4.74 Å². The van der Waals surface area contributed by atoms with E-state index in [4.69, 9.17) is 4.74 Å². The largest absolute Gasteiger partial charge is 0.508 e. The molecule has 4 bridgehead atoms. The quantitative estimate of drug-likeness (QED) is 0.880. The monoisotopic (exact) mass is 270 g/mol. The summed E-state index contributed by atoms with van der Waals surface area (Å²) in [6, 6.07) is 7.56. The van der Waals surface area contributed by atoms with Crippen LogP contribution in [0.1, 0.15) is 37.7 Å². The van der Waals surface area contributed by atoms with Gasteiger partial charge in [0, 0.05) is 7.11 Å². The summed E-state index contributed by atoms with van der Waals surface area (Å²) in [5.74, 6) is 2.78. The summed E-state index contributed by atoms with van der Waals surface area (Å²) < 4.78 is 6.03. The van der Waals surface area contributed by atoms with Crippen molar-refractivity contribution in [1.82, 2.24) is 0 Å². The number of rotatable bonds is 2. The van der Waals surface area contributed by atoms with Gasteiger partial charge in [-0.2, -0.15) is 0 Å². The molecule has 0 aliphatic heterocycles. The Kier molecular flexibility index (Phi) is 2.71. The maximum atomic E-state index is 9.66. The van der Waals surface area contributed by atoms with Crippen molar-refractivity contribution in [3.05, 3.63) is 35.4 Å². The average molecular weight is 270 g/mol. The third-order valence-electron chi connectivity index (χ3n) is 5.69. The van der Waals surface area contributed by atoms with Crippen LogP contribution in [0.15, 0.2) is 29.8 Å². The van der Waals surface area contributed by atoms with Crippen molar-refractivity contribution < 1.29 is 9.84 Å². The third kappa shape index (κ3) is 1.81. The molecule has 106 valence electrons. The highest BCUT2D eigenvalue weighted by Gasteiger charge is 2.54. The van der Waals surface area contributed by atoms with Crippen LogP contribution in [0.25, 0.3) is 6.08 Å². The number of phenols is 1. The van der Waals surface area contributed by atoms with E-state index in [9.17, 15) is 5.11 Å². The molecule has 20 heavy (non-hydrogen) atoms. The lowest BCUT2D eigenvalue weighted by molar-refractivity contribution is -0.0997. The molecule has 1 N–H and O–H groups in total. The molecule has 0 saturated heterocycles. The van der Waals surface area contributed by atoms with Gasteiger partial charge in [0.1, 0.15) is 5.75 Å². The fraction of sp³-hybridized carbons (Fsp3) is 0.556. The Morgan fingerprint density at radius 2 is 1.95 bits per heavy atom. The molecule has 5 rings (SSSR count). The zero-order valence-corrected chi connectivity index (χ0v) is 12.0. The zero-order chi connectivity index (χ0) is 13.7. The van der Waals surface area contributed by atoms with E-state index in [1.165, 1.54) is 37.7 Å². The Balaban J connectivity index is 1.76. The molecule has 0 spiro atoms. The van der Waals surface area contributed by atoms with Crippen LogP contribution in [0.2, 0.25) is 0 Å². The van der Waals surface area contributed by atoms with Gasteiger partial charge in [0.2, 0.25) is 0 Å². The van der Waals surface area contributed by atoms with Crippen molar-refractivity contribution in [2.45, 2.75) is 37.7 Å².